The summed E-state index contributed by atoms with van der Waals surface area (Å²) >= 11 is 0. The Balaban J connectivity index is 1.60. The Morgan fingerprint density at radius 3 is 2.91 bits per heavy atom. The van der Waals surface area contributed by atoms with Crippen LogP contribution in [0.15, 0.2) is 47.4 Å². The van der Waals surface area contributed by atoms with Crippen LogP contribution in [-0.4, -0.2) is 37.6 Å². The minimum atomic E-state index is -0.248. The molecule has 8 nitrogen and oxygen atoms in total. The second-order valence-corrected chi connectivity index (χ2v) is 8.65. The van der Waals surface area contributed by atoms with Gasteiger partial charge in [-0.25, -0.2) is 9.67 Å². The number of benzene rings is 1. The van der Waals surface area contributed by atoms with Gasteiger partial charge < -0.3 is 4.90 Å². The van der Waals surface area contributed by atoms with Gasteiger partial charge >= 0.3 is 0 Å². The normalized spacial score (nSPS) is 16.2. The molecule has 0 spiro atoms. The van der Waals surface area contributed by atoms with E-state index in [0.29, 0.717) is 34.7 Å². The molecule has 33 heavy (non-hydrogen) atoms. The molecule has 1 atom stereocenters. The van der Waals surface area contributed by atoms with Gasteiger partial charge in [-0.05, 0) is 37.8 Å². The van der Waals surface area contributed by atoms with Crippen molar-refractivity contribution in [1.29, 1.82) is 0 Å². The van der Waals surface area contributed by atoms with Crippen molar-refractivity contribution < 1.29 is 9.94 Å². The van der Waals surface area contributed by atoms with Crippen molar-refractivity contribution in [3.05, 3.63) is 58.6 Å². The predicted octanol–water partition coefficient (Wildman–Crippen LogP) is 2.58. The van der Waals surface area contributed by atoms with Crippen LogP contribution in [0.25, 0.3) is 21.9 Å². The minimum absolute atomic E-state index is 0.136. The first kappa shape index (κ1) is 21.0. The van der Waals surface area contributed by atoms with Gasteiger partial charge in [0, 0.05) is 30.0 Å². The Kier molecular flexibility index (Phi) is 5.47. The molecule has 0 bridgehead atoms. The number of hydrogen-bond acceptors (Lipinski definition) is 5. The van der Waals surface area contributed by atoms with E-state index in [1.54, 1.807) is 19.2 Å². The Labute approximate surface area is 191 Å². The highest BCUT2D eigenvalue weighted by Gasteiger charge is 2.25. The third-order valence-electron chi connectivity index (χ3n) is 6.29. The van der Waals surface area contributed by atoms with Crippen molar-refractivity contribution in [2.24, 2.45) is 5.92 Å². The fourth-order valence-corrected chi connectivity index (χ4v) is 4.61. The molecule has 168 valence electrons. The Bertz CT molecular complexity index is 1460. The van der Waals surface area contributed by atoms with Crippen LogP contribution in [0, 0.1) is 17.8 Å². The van der Waals surface area contributed by atoms with E-state index >= 15 is 0 Å². The molecular formula is C25H27N6O2+. The van der Waals surface area contributed by atoms with Crippen LogP contribution in [0.1, 0.15) is 32.4 Å². The number of para-hydroxylation sites is 1. The Hall–Kier alpha value is -3.86. The standard InChI is InChI=1S/C25H27N6O2/c1-3-4-14-29-23-21(27-25(29)28-13-7-8-18(2)16-28)15-26-30(24(23)32)17-20-12-11-19-9-5-6-10-22(19)31(20)33/h5-6,9-12,15,18,33H,7-8,13-14,16-17H2,1-2H3/q+1. The van der Waals surface area contributed by atoms with Crippen molar-refractivity contribution in [2.45, 2.75) is 39.8 Å². The molecule has 1 N–H and O–H groups in total. The number of fused-ring (bicyclic) bond motifs is 2. The summed E-state index contributed by atoms with van der Waals surface area (Å²) in [5.74, 6) is 7.38. The van der Waals surface area contributed by atoms with Gasteiger partial charge in [0.2, 0.25) is 5.95 Å². The number of hydrogen-bond donors (Lipinski definition) is 1. The van der Waals surface area contributed by atoms with Crippen LogP contribution in [0.5, 0.6) is 0 Å². The molecule has 5 rings (SSSR count). The molecule has 0 saturated carbocycles. The summed E-state index contributed by atoms with van der Waals surface area (Å²) in [6.07, 6.45) is 3.93. The van der Waals surface area contributed by atoms with E-state index in [9.17, 15) is 10.0 Å². The molecule has 1 unspecified atom stereocenters. The van der Waals surface area contributed by atoms with Gasteiger partial charge in [0.25, 0.3) is 16.8 Å². The Morgan fingerprint density at radius 1 is 1.24 bits per heavy atom. The summed E-state index contributed by atoms with van der Waals surface area (Å²) in [5.41, 5.74) is 2.05. The fourth-order valence-electron chi connectivity index (χ4n) is 4.61. The second-order valence-electron chi connectivity index (χ2n) is 8.65. The van der Waals surface area contributed by atoms with Crippen molar-refractivity contribution >= 4 is 27.9 Å². The lowest BCUT2D eigenvalue weighted by atomic mass is 10.0. The first-order valence-electron chi connectivity index (χ1n) is 11.3. The highest BCUT2D eigenvalue weighted by atomic mass is 16.5. The largest absolute Gasteiger partial charge is 0.342 e. The van der Waals surface area contributed by atoms with E-state index < -0.39 is 0 Å². The van der Waals surface area contributed by atoms with Crippen LogP contribution in [0.3, 0.4) is 0 Å². The zero-order valence-corrected chi connectivity index (χ0v) is 18.9. The maximum absolute atomic E-state index is 13.5. The number of piperidine rings is 1. The smallest absolute Gasteiger partial charge is 0.293 e. The molecule has 1 fully saturated rings. The maximum atomic E-state index is 13.5. The van der Waals surface area contributed by atoms with E-state index in [4.69, 9.17) is 4.98 Å². The highest BCUT2D eigenvalue weighted by Crippen LogP contribution is 2.25. The van der Waals surface area contributed by atoms with Crippen molar-refractivity contribution in [1.82, 2.24) is 19.3 Å². The second kappa shape index (κ2) is 8.58. The molecule has 4 aromatic rings. The molecule has 1 aliphatic heterocycles. The first-order chi connectivity index (χ1) is 16.1. The van der Waals surface area contributed by atoms with E-state index in [1.807, 2.05) is 34.9 Å². The number of pyridine rings is 1. The fraction of sp³-hybridized carbons (Fsp3) is 0.360. The lowest BCUT2D eigenvalue weighted by Gasteiger charge is -2.31. The maximum Gasteiger partial charge on any atom is 0.293 e. The summed E-state index contributed by atoms with van der Waals surface area (Å²) in [6.45, 7) is 6.39. The van der Waals surface area contributed by atoms with Crippen LogP contribution >= 0.6 is 0 Å². The zero-order chi connectivity index (χ0) is 22.9. The van der Waals surface area contributed by atoms with Crippen molar-refractivity contribution in [3.8, 4) is 11.8 Å². The monoisotopic (exact) mass is 443 g/mol. The van der Waals surface area contributed by atoms with Gasteiger partial charge in [0.05, 0.1) is 18.1 Å². The number of rotatable bonds is 4. The van der Waals surface area contributed by atoms with E-state index in [2.05, 4.69) is 28.8 Å². The molecule has 1 aromatic carbocycles. The summed E-state index contributed by atoms with van der Waals surface area (Å²) in [4.78, 5) is 20.6. The topological polar surface area (TPSA) is 80.1 Å². The van der Waals surface area contributed by atoms with Crippen LogP contribution < -0.4 is 15.2 Å². The molecule has 0 aliphatic carbocycles. The van der Waals surface area contributed by atoms with Crippen LogP contribution in [0.4, 0.5) is 5.95 Å². The highest BCUT2D eigenvalue weighted by molar-refractivity contribution is 5.77. The summed E-state index contributed by atoms with van der Waals surface area (Å²) in [5, 5.41) is 16.0. The number of nitrogens with zero attached hydrogens (tertiary/aromatic N) is 6. The van der Waals surface area contributed by atoms with Gasteiger partial charge in [-0.2, -0.15) is 5.10 Å². The van der Waals surface area contributed by atoms with Gasteiger partial charge in [0.15, 0.2) is 0 Å². The lowest BCUT2D eigenvalue weighted by Crippen LogP contribution is -2.39. The SMILES string of the molecule is CC#CCn1c(N2CCCC(C)C2)nc2cnn(Cc3ccc4ccccc4[n+]3O)c(=O)c21. The quantitative estimate of drug-likeness (QED) is 0.298. The molecule has 4 heterocycles. The third kappa shape index (κ3) is 3.80. The van der Waals surface area contributed by atoms with Crippen LogP contribution in [0.2, 0.25) is 0 Å². The minimum Gasteiger partial charge on any atom is -0.342 e. The number of imidazole rings is 1. The molecule has 8 heteroatoms. The van der Waals surface area contributed by atoms with Crippen molar-refractivity contribution in [2.75, 3.05) is 18.0 Å². The number of aromatic nitrogens is 5. The van der Waals surface area contributed by atoms with Gasteiger partial charge in [-0.15, -0.1) is 5.92 Å². The summed E-state index contributed by atoms with van der Waals surface area (Å²) in [6, 6.07) is 11.3. The molecular weight excluding hydrogens is 416 g/mol. The predicted molar refractivity (Wildman–Crippen MR) is 126 cm³/mol. The average Bonchev–Trinajstić information content (AvgIpc) is 3.20. The molecule has 0 radical (unpaired) electrons. The van der Waals surface area contributed by atoms with Crippen molar-refractivity contribution in [3.63, 3.8) is 0 Å². The van der Waals surface area contributed by atoms with Gasteiger partial charge in [0.1, 0.15) is 17.6 Å². The summed E-state index contributed by atoms with van der Waals surface area (Å²) < 4.78 is 4.41. The molecule has 1 aliphatic rings. The zero-order valence-electron chi connectivity index (χ0n) is 18.9. The van der Waals surface area contributed by atoms with E-state index in [0.717, 1.165) is 35.6 Å². The molecule has 0 amide bonds. The van der Waals surface area contributed by atoms with Gasteiger partial charge in [-0.3, -0.25) is 14.6 Å². The Morgan fingerprint density at radius 2 is 2.09 bits per heavy atom. The van der Waals surface area contributed by atoms with Gasteiger partial charge in [-0.1, -0.05) is 25.0 Å². The molecule has 1 saturated heterocycles. The third-order valence-corrected chi connectivity index (χ3v) is 6.29. The summed E-state index contributed by atoms with van der Waals surface area (Å²) in [7, 11) is 0. The average molecular weight is 444 g/mol. The van der Waals surface area contributed by atoms with Crippen LogP contribution in [-0.2, 0) is 13.1 Å². The lowest BCUT2D eigenvalue weighted by molar-refractivity contribution is -0.889. The van der Waals surface area contributed by atoms with E-state index in [-0.39, 0.29) is 12.1 Å². The molecule has 3 aromatic heterocycles. The number of anilines is 1. The van der Waals surface area contributed by atoms with E-state index in [1.165, 1.54) is 11.1 Å². The first-order valence-corrected chi connectivity index (χ1v) is 11.3.